The van der Waals surface area contributed by atoms with Crippen molar-refractivity contribution >= 4 is 17.4 Å². The zero-order valence-electron chi connectivity index (χ0n) is 15.4. The highest BCUT2D eigenvalue weighted by molar-refractivity contribution is 6.02. The molecule has 27 heavy (non-hydrogen) atoms. The summed E-state index contributed by atoms with van der Waals surface area (Å²) in [4.78, 5) is 22.9. The fraction of sp³-hybridized carbons (Fsp3) is 0.190. The molecule has 0 atom stereocenters. The third-order valence-corrected chi connectivity index (χ3v) is 3.95. The van der Waals surface area contributed by atoms with Gasteiger partial charge in [0.05, 0.1) is 19.0 Å². The average molecular weight is 362 g/mol. The highest BCUT2D eigenvalue weighted by Gasteiger charge is 2.10. The summed E-state index contributed by atoms with van der Waals surface area (Å²) < 4.78 is 5.39. The Morgan fingerprint density at radius 2 is 1.78 bits per heavy atom. The van der Waals surface area contributed by atoms with Crippen LogP contribution in [0.4, 0.5) is 11.5 Å². The van der Waals surface area contributed by atoms with Crippen molar-refractivity contribution in [3.8, 4) is 5.75 Å². The van der Waals surface area contributed by atoms with Gasteiger partial charge in [-0.3, -0.25) is 4.79 Å². The van der Waals surface area contributed by atoms with Crippen molar-refractivity contribution in [1.82, 2.24) is 9.97 Å². The van der Waals surface area contributed by atoms with Gasteiger partial charge in [-0.15, -0.1) is 0 Å². The van der Waals surface area contributed by atoms with Crippen molar-refractivity contribution in [3.05, 3.63) is 78.2 Å². The van der Waals surface area contributed by atoms with Gasteiger partial charge in [0.25, 0.3) is 5.91 Å². The van der Waals surface area contributed by atoms with Gasteiger partial charge in [-0.25, -0.2) is 9.97 Å². The van der Waals surface area contributed by atoms with Gasteiger partial charge in [0.2, 0.25) is 0 Å². The molecule has 0 unspecified atom stereocenters. The minimum absolute atomic E-state index is 0.265. The number of hydrogen-bond acceptors (Lipinski definition) is 5. The Morgan fingerprint density at radius 1 is 1.04 bits per heavy atom. The Bertz CT molecular complexity index is 865. The summed E-state index contributed by atoms with van der Waals surface area (Å²) in [6, 6.07) is 17.3. The second-order valence-electron chi connectivity index (χ2n) is 6.01. The van der Waals surface area contributed by atoms with Crippen molar-refractivity contribution in [2.45, 2.75) is 13.5 Å². The first-order valence-corrected chi connectivity index (χ1v) is 8.77. The number of carbonyl (C=O) groups excluding carboxylic acids is 1. The van der Waals surface area contributed by atoms with Crippen LogP contribution >= 0.6 is 0 Å². The molecule has 0 aliphatic carbocycles. The normalized spacial score (nSPS) is 10.3. The number of nitrogens with zero attached hydrogens (tertiary/aromatic N) is 3. The Hall–Kier alpha value is -3.41. The van der Waals surface area contributed by atoms with E-state index in [0.717, 1.165) is 5.75 Å². The summed E-state index contributed by atoms with van der Waals surface area (Å²) in [7, 11) is 1.94. The summed E-state index contributed by atoms with van der Waals surface area (Å²) in [5.74, 6) is 1.17. The summed E-state index contributed by atoms with van der Waals surface area (Å²) in [6.07, 6.45) is 3.09. The molecule has 0 saturated carbocycles. The molecule has 3 aromatic rings. The molecule has 1 N–H and O–H groups in total. The van der Waals surface area contributed by atoms with Gasteiger partial charge in [0.15, 0.2) is 0 Å². The van der Waals surface area contributed by atoms with Crippen LogP contribution in [0.1, 0.15) is 23.0 Å². The molecule has 1 heterocycles. The maximum Gasteiger partial charge on any atom is 0.275 e. The van der Waals surface area contributed by atoms with Crippen LogP contribution in [0, 0.1) is 0 Å². The van der Waals surface area contributed by atoms with Crippen LogP contribution < -0.4 is 15.0 Å². The molecule has 6 heteroatoms. The van der Waals surface area contributed by atoms with Gasteiger partial charge >= 0.3 is 0 Å². The van der Waals surface area contributed by atoms with Gasteiger partial charge in [-0.05, 0) is 36.8 Å². The number of rotatable bonds is 7. The van der Waals surface area contributed by atoms with Crippen molar-refractivity contribution in [2.75, 3.05) is 23.9 Å². The first-order chi connectivity index (χ1) is 13.2. The number of hydrogen-bond donors (Lipinski definition) is 1. The predicted molar refractivity (Wildman–Crippen MR) is 106 cm³/mol. The van der Waals surface area contributed by atoms with Crippen LogP contribution in [-0.4, -0.2) is 29.5 Å². The summed E-state index contributed by atoms with van der Waals surface area (Å²) in [5, 5.41) is 2.81. The molecule has 138 valence electrons. The molecule has 0 aliphatic rings. The number of amides is 1. The van der Waals surface area contributed by atoms with Crippen LogP contribution in [0.15, 0.2) is 67.0 Å². The Morgan fingerprint density at radius 3 is 2.41 bits per heavy atom. The average Bonchev–Trinajstić information content (AvgIpc) is 2.70. The van der Waals surface area contributed by atoms with Gasteiger partial charge in [0.1, 0.15) is 17.3 Å². The Balaban J connectivity index is 1.61. The number of nitrogens with one attached hydrogen (secondary N) is 1. The highest BCUT2D eigenvalue weighted by Crippen LogP contribution is 2.17. The quantitative estimate of drug-likeness (QED) is 0.693. The smallest absolute Gasteiger partial charge is 0.275 e. The lowest BCUT2D eigenvalue weighted by Crippen LogP contribution is -2.19. The zero-order chi connectivity index (χ0) is 19.1. The molecule has 0 radical (unpaired) electrons. The standard InChI is InChI=1S/C21H22N4O2/c1-3-27-18-11-9-17(10-12-18)24-21(26)19-13-23-20(14-22-19)25(2)15-16-7-5-4-6-8-16/h4-14H,3,15H2,1-2H3,(H,24,26). The monoisotopic (exact) mass is 362 g/mol. The predicted octanol–water partition coefficient (Wildman–Crippen LogP) is 3.76. The molecular formula is C21H22N4O2. The van der Waals surface area contributed by atoms with Gasteiger partial charge in [-0.2, -0.15) is 0 Å². The Kier molecular flexibility index (Phi) is 5.99. The van der Waals surface area contributed by atoms with Crippen molar-refractivity contribution in [3.63, 3.8) is 0 Å². The van der Waals surface area contributed by atoms with Crippen LogP contribution in [0.3, 0.4) is 0 Å². The molecule has 1 amide bonds. The molecule has 1 aromatic heterocycles. The van der Waals surface area contributed by atoms with E-state index in [-0.39, 0.29) is 11.6 Å². The first-order valence-electron chi connectivity index (χ1n) is 8.77. The van der Waals surface area contributed by atoms with Crippen LogP contribution in [0.5, 0.6) is 5.75 Å². The van der Waals surface area contributed by atoms with E-state index in [0.29, 0.717) is 24.7 Å². The lowest BCUT2D eigenvalue weighted by Gasteiger charge is -2.17. The van der Waals surface area contributed by atoms with E-state index in [4.69, 9.17) is 4.74 Å². The lowest BCUT2D eigenvalue weighted by atomic mass is 10.2. The number of carbonyl (C=O) groups is 1. The number of aromatic nitrogens is 2. The molecule has 3 rings (SSSR count). The third-order valence-electron chi connectivity index (χ3n) is 3.95. The van der Waals surface area contributed by atoms with Gasteiger partial charge < -0.3 is 15.0 Å². The molecule has 6 nitrogen and oxygen atoms in total. The van der Waals surface area contributed by atoms with E-state index in [2.05, 4.69) is 27.4 Å². The maximum absolute atomic E-state index is 12.3. The topological polar surface area (TPSA) is 67.3 Å². The second-order valence-corrected chi connectivity index (χ2v) is 6.01. The molecular weight excluding hydrogens is 340 g/mol. The van der Waals surface area contributed by atoms with Gasteiger partial charge in [-0.1, -0.05) is 30.3 Å². The number of ether oxygens (including phenoxy) is 1. The summed E-state index contributed by atoms with van der Waals surface area (Å²) >= 11 is 0. The molecule has 2 aromatic carbocycles. The van der Waals surface area contributed by atoms with E-state index in [9.17, 15) is 4.79 Å². The highest BCUT2D eigenvalue weighted by atomic mass is 16.5. The number of anilines is 2. The molecule has 0 aliphatic heterocycles. The van der Waals surface area contributed by atoms with Gasteiger partial charge in [0, 0.05) is 19.3 Å². The van der Waals surface area contributed by atoms with Crippen LogP contribution in [0.2, 0.25) is 0 Å². The first kappa shape index (κ1) is 18.4. The van der Waals surface area contributed by atoms with Crippen LogP contribution in [0.25, 0.3) is 0 Å². The lowest BCUT2D eigenvalue weighted by molar-refractivity contribution is 0.102. The molecule has 0 spiro atoms. The van der Waals surface area contributed by atoms with Crippen molar-refractivity contribution < 1.29 is 9.53 Å². The minimum Gasteiger partial charge on any atom is -0.494 e. The second kappa shape index (κ2) is 8.80. The largest absolute Gasteiger partial charge is 0.494 e. The number of benzene rings is 2. The molecule has 0 fully saturated rings. The molecule has 0 bridgehead atoms. The fourth-order valence-corrected chi connectivity index (χ4v) is 2.57. The third kappa shape index (κ3) is 5.04. The zero-order valence-corrected chi connectivity index (χ0v) is 15.4. The van der Waals surface area contributed by atoms with Crippen molar-refractivity contribution in [1.29, 1.82) is 0 Å². The SMILES string of the molecule is CCOc1ccc(NC(=O)c2cnc(N(C)Cc3ccccc3)cn2)cc1. The van der Waals surface area contributed by atoms with E-state index < -0.39 is 0 Å². The van der Waals surface area contributed by atoms with Crippen molar-refractivity contribution in [2.24, 2.45) is 0 Å². The van der Waals surface area contributed by atoms with E-state index in [1.807, 2.05) is 49.2 Å². The van der Waals surface area contributed by atoms with E-state index >= 15 is 0 Å². The summed E-state index contributed by atoms with van der Waals surface area (Å²) in [5.41, 5.74) is 2.12. The summed E-state index contributed by atoms with van der Waals surface area (Å²) in [6.45, 7) is 3.24. The van der Waals surface area contributed by atoms with E-state index in [1.165, 1.54) is 11.8 Å². The van der Waals surface area contributed by atoms with Crippen LogP contribution in [-0.2, 0) is 6.54 Å². The minimum atomic E-state index is -0.302. The van der Waals surface area contributed by atoms with E-state index in [1.54, 1.807) is 18.3 Å². The maximum atomic E-state index is 12.3. The molecule has 0 saturated heterocycles. The Labute approximate surface area is 158 Å². The fourth-order valence-electron chi connectivity index (χ4n) is 2.57.